The minimum absolute atomic E-state index is 0.00987. The number of ketones is 1. The predicted molar refractivity (Wildman–Crippen MR) is 356 cm³/mol. The number of amides is 3. The van der Waals surface area contributed by atoms with E-state index in [2.05, 4.69) is 30.7 Å². The van der Waals surface area contributed by atoms with Gasteiger partial charge in [-0.2, -0.15) is 5.10 Å². The van der Waals surface area contributed by atoms with Crippen LogP contribution in [0.2, 0.25) is 0 Å². The average molecular weight is 1380 g/mol. The lowest BCUT2D eigenvalue weighted by atomic mass is 9.85. The monoisotopic (exact) mass is 1370 g/mol. The number of Topliss-reactive ketones (excluding diaryl/α,β-unsaturated/α-hetero) is 1. The lowest BCUT2D eigenvalue weighted by molar-refractivity contribution is -0.144. The number of thiazole rings is 1. The van der Waals surface area contributed by atoms with Crippen LogP contribution in [0.4, 0.5) is 0 Å². The number of β-amino-alcohol motifs (C(OH)–C–C–N with tert-alkyl or cyclic N) is 1. The number of oxazole rings is 1. The van der Waals surface area contributed by atoms with Crippen molar-refractivity contribution < 1.29 is 90.3 Å². The highest BCUT2D eigenvalue weighted by Gasteiger charge is 2.44. The van der Waals surface area contributed by atoms with Crippen molar-refractivity contribution in [1.82, 2.24) is 40.3 Å². The number of carbonyl (C=O) groups is 4. The van der Waals surface area contributed by atoms with Crippen LogP contribution in [0.5, 0.6) is 5.75 Å². The molecule has 0 spiro atoms. The molecule has 7 rings (SSSR count). The summed E-state index contributed by atoms with van der Waals surface area (Å²) in [7, 11) is 1.55. The van der Waals surface area contributed by atoms with Gasteiger partial charge in [-0.3, -0.25) is 24.0 Å². The van der Waals surface area contributed by atoms with Crippen LogP contribution in [0.15, 0.2) is 87.6 Å². The first-order valence-corrected chi connectivity index (χ1v) is 33.5. The molecule has 1 fully saturated rings. The smallest absolute Gasteiger partial charge is 0.266 e. The summed E-state index contributed by atoms with van der Waals surface area (Å²) >= 11 is 1.57. The number of hydrogen-bond donors (Lipinski definition) is 3. The Labute approximate surface area is 569 Å². The Morgan fingerprint density at radius 2 is 1.16 bits per heavy atom. The fraction of sp³-hybridized carbons (Fsp3) is 0.574. The first-order valence-electron chi connectivity index (χ1n) is 32.7. The molecule has 1 aliphatic heterocycles. The van der Waals surface area contributed by atoms with Crippen molar-refractivity contribution in [1.29, 1.82) is 0 Å². The molecule has 0 saturated carbocycles. The number of hydrogen-bond acceptors (Lipinski definition) is 25. The Morgan fingerprint density at radius 3 is 1.65 bits per heavy atom. The number of nitrogens with one attached hydrogen (secondary N) is 2. The summed E-state index contributed by atoms with van der Waals surface area (Å²) in [6, 6.07) is 17.7. The van der Waals surface area contributed by atoms with E-state index in [9.17, 15) is 29.1 Å². The molecule has 97 heavy (non-hydrogen) atoms. The number of aliphatic hydroxyl groups is 1. The predicted octanol–water partition coefficient (Wildman–Crippen LogP) is 4.62. The molecule has 1 aliphatic rings. The second-order valence-corrected chi connectivity index (χ2v) is 24.2. The number of benzene rings is 2. The van der Waals surface area contributed by atoms with Crippen LogP contribution in [-0.2, 0) is 91.2 Å². The molecule has 3 atom stereocenters. The van der Waals surface area contributed by atoms with Gasteiger partial charge in [0.2, 0.25) is 23.6 Å². The van der Waals surface area contributed by atoms with E-state index in [1.807, 2.05) is 57.5 Å². The third-order valence-corrected chi connectivity index (χ3v) is 15.8. The van der Waals surface area contributed by atoms with Gasteiger partial charge in [0, 0.05) is 45.5 Å². The van der Waals surface area contributed by atoms with Gasteiger partial charge in [-0.1, -0.05) is 51.1 Å². The molecule has 0 unspecified atom stereocenters. The minimum Gasteiger partial charge on any atom is -0.490 e. The van der Waals surface area contributed by atoms with Gasteiger partial charge in [-0.15, -0.1) is 11.3 Å². The summed E-state index contributed by atoms with van der Waals surface area (Å²) in [6.07, 6.45) is 0.890. The number of nitrogens with zero attached hydrogens (tertiary/aromatic N) is 6. The topological polar surface area (TPSA) is 322 Å². The van der Waals surface area contributed by atoms with Crippen molar-refractivity contribution in [3.8, 4) is 27.8 Å². The lowest BCUT2D eigenvalue weighted by Crippen LogP contribution is -2.57. The molecule has 0 radical (unpaired) electrons. The molecule has 1 saturated heterocycles. The van der Waals surface area contributed by atoms with Crippen LogP contribution in [-0.4, -0.2) is 248 Å². The second-order valence-electron chi connectivity index (χ2n) is 23.4. The summed E-state index contributed by atoms with van der Waals surface area (Å²) in [6.45, 7) is 17.7. The van der Waals surface area contributed by atoms with Crippen LogP contribution in [0.25, 0.3) is 33.1 Å². The van der Waals surface area contributed by atoms with Crippen molar-refractivity contribution in [3.63, 3.8) is 0 Å². The maximum Gasteiger partial charge on any atom is 0.266 e. The second kappa shape index (κ2) is 43.4. The van der Waals surface area contributed by atoms with Crippen LogP contribution in [0.1, 0.15) is 60.9 Å². The fourth-order valence-corrected chi connectivity index (χ4v) is 10.4. The van der Waals surface area contributed by atoms with E-state index in [1.54, 1.807) is 54.8 Å². The average Bonchev–Trinajstić information content (AvgIpc) is 1.70. The Balaban J connectivity index is 0.555. The van der Waals surface area contributed by atoms with Crippen LogP contribution in [0, 0.1) is 12.3 Å². The van der Waals surface area contributed by atoms with Gasteiger partial charge in [-0.05, 0) is 59.4 Å². The highest BCUT2D eigenvalue weighted by Crippen LogP contribution is 2.29. The molecule has 0 bridgehead atoms. The number of aryl methyl sites for hydroxylation is 2. The van der Waals surface area contributed by atoms with Gasteiger partial charge in [0.25, 0.3) is 5.56 Å². The summed E-state index contributed by atoms with van der Waals surface area (Å²) < 4.78 is 79.4. The van der Waals surface area contributed by atoms with Gasteiger partial charge in [0.1, 0.15) is 41.3 Å². The number of likely N-dealkylation sites (tertiary alicyclic amines) is 1. The summed E-state index contributed by atoms with van der Waals surface area (Å²) in [5.74, 6) is -0.521. The SMILES string of the molecule is Cc1ncsc1-c1ccc(CNC(=O)[C@H]2C[C@H](O)CN2C(=O)[C@H](NC(=O)CCOCCOCCOCCOCCOCCOCCOCCOCCOCCOCCOCCOCCOc2ccc(C(=O)Cc3ccc4oc(-c5ccc(=O)n(C)n5)nc4c3)nc2)C(C)(C)C)cc1. The first kappa shape index (κ1) is 77.3. The molecular weight excluding hydrogens is 1280 g/mol. The highest BCUT2D eigenvalue weighted by molar-refractivity contribution is 7.13. The zero-order valence-corrected chi connectivity index (χ0v) is 57.1. The lowest BCUT2D eigenvalue weighted by Gasteiger charge is -2.35. The molecular formula is C68H94N8O20S. The number of pyridine rings is 1. The van der Waals surface area contributed by atoms with E-state index < -0.39 is 29.5 Å². The van der Waals surface area contributed by atoms with Crippen LogP contribution in [0.3, 0.4) is 0 Å². The zero-order chi connectivity index (χ0) is 68.9. The van der Waals surface area contributed by atoms with Gasteiger partial charge in [0.05, 0.1) is 187 Å². The Morgan fingerprint density at radius 1 is 0.649 bits per heavy atom. The van der Waals surface area contributed by atoms with Crippen molar-refractivity contribution in [3.05, 3.63) is 111 Å². The van der Waals surface area contributed by atoms with Gasteiger partial charge < -0.3 is 86.6 Å². The molecule has 4 aromatic heterocycles. The van der Waals surface area contributed by atoms with E-state index in [1.165, 1.54) is 21.8 Å². The summed E-state index contributed by atoms with van der Waals surface area (Å²) in [5.41, 5.74) is 6.39. The van der Waals surface area contributed by atoms with E-state index in [0.717, 1.165) is 27.3 Å². The third-order valence-electron chi connectivity index (χ3n) is 14.8. The van der Waals surface area contributed by atoms with E-state index in [-0.39, 0.29) is 74.6 Å². The number of aliphatic hydroxyl groups excluding tert-OH is 1. The molecule has 3 amide bonds. The Bertz CT molecular complexity index is 3330. The molecule has 2 aromatic carbocycles. The van der Waals surface area contributed by atoms with Crippen molar-refractivity contribution in [2.24, 2.45) is 12.5 Å². The maximum absolute atomic E-state index is 13.9. The molecule has 532 valence electrons. The fourth-order valence-electron chi connectivity index (χ4n) is 9.63. The molecule has 6 aromatic rings. The standard InChI is InChI=1S/C68H94N8O20S/c1-49-63(97-48-71-49)52-9-6-50(7-10-52)45-70-65(81)58-44-53(77)47-76(58)67(82)64(68(2,3)4)73-61(79)16-17-83-18-19-84-20-21-85-22-23-86-24-25-87-26-27-88-28-29-89-30-31-90-32-33-91-34-35-92-36-37-93-38-39-94-40-41-95-54-11-12-55(69-46-54)59(78)43-51-8-14-60-57(42-51)72-66(96-60)56-13-15-62(80)75(5)74-56/h6-15,42,46,48,53,58,64,77H,16-41,43-45,47H2,1-5H3,(H,70,81)(H,73,79)/t53-,58+,64-/m0/s1. The quantitative estimate of drug-likeness (QED) is 0.0346. The minimum atomic E-state index is -0.934. The Hall–Kier alpha value is -7.07. The molecule has 0 aliphatic carbocycles. The zero-order valence-electron chi connectivity index (χ0n) is 56.2. The normalized spacial score (nSPS) is 14.4. The molecule has 3 N–H and O–H groups in total. The van der Waals surface area contributed by atoms with E-state index >= 15 is 0 Å². The van der Waals surface area contributed by atoms with Gasteiger partial charge in [0.15, 0.2) is 11.4 Å². The van der Waals surface area contributed by atoms with E-state index in [0.29, 0.717) is 180 Å². The number of aromatic nitrogens is 5. The van der Waals surface area contributed by atoms with Crippen LogP contribution >= 0.6 is 11.3 Å². The maximum atomic E-state index is 13.9. The third kappa shape index (κ3) is 28.4. The summed E-state index contributed by atoms with van der Waals surface area (Å²) in [4.78, 5) is 80.6. The van der Waals surface area contributed by atoms with Crippen molar-refractivity contribution >= 4 is 45.9 Å². The molecule has 5 heterocycles. The van der Waals surface area contributed by atoms with Gasteiger partial charge in [-0.25, -0.2) is 19.6 Å². The van der Waals surface area contributed by atoms with Gasteiger partial charge >= 0.3 is 0 Å². The molecule has 28 nitrogen and oxygen atoms in total. The summed E-state index contributed by atoms with van der Waals surface area (Å²) in [5, 5.41) is 20.5. The van der Waals surface area contributed by atoms with Crippen molar-refractivity contribution in [2.75, 3.05) is 172 Å². The van der Waals surface area contributed by atoms with Crippen LogP contribution < -0.4 is 20.9 Å². The van der Waals surface area contributed by atoms with E-state index in [4.69, 9.17) is 66.0 Å². The number of ether oxygens (including phenoxy) is 13. The first-order chi connectivity index (χ1) is 47.1. The Kier molecular flexibility index (Phi) is 34.5. The van der Waals surface area contributed by atoms with Crippen molar-refractivity contribution in [2.45, 2.75) is 71.7 Å². The molecule has 29 heteroatoms. The number of fused-ring (bicyclic) bond motifs is 1. The highest BCUT2D eigenvalue weighted by atomic mass is 32.1. The number of rotatable bonds is 50. The largest absolute Gasteiger partial charge is 0.490 e. The number of carbonyl (C=O) groups excluding carboxylic acids is 4.